The summed E-state index contributed by atoms with van der Waals surface area (Å²) < 4.78 is 7.67. The Labute approximate surface area is 124 Å². The SMILES string of the molecule is CCOC(C)Cn1c(C(C)(C)C)cnc1SCC(=O)O. The average Bonchev–Trinajstić information content (AvgIpc) is 2.69. The first-order valence-electron chi connectivity index (χ1n) is 6.78. The van der Waals surface area contributed by atoms with E-state index in [1.54, 1.807) is 0 Å². The maximum absolute atomic E-state index is 10.7. The minimum Gasteiger partial charge on any atom is -0.481 e. The maximum atomic E-state index is 10.7. The third-order valence-corrected chi connectivity index (χ3v) is 3.78. The molecule has 0 aliphatic rings. The lowest BCUT2D eigenvalue weighted by Gasteiger charge is -2.23. The molecule has 1 aromatic rings. The van der Waals surface area contributed by atoms with Gasteiger partial charge in [-0.15, -0.1) is 0 Å². The molecule has 0 bridgehead atoms. The highest BCUT2D eigenvalue weighted by Crippen LogP contribution is 2.28. The average molecular weight is 300 g/mol. The third kappa shape index (κ3) is 4.83. The fourth-order valence-electron chi connectivity index (χ4n) is 1.97. The number of carboxylic acids is 1. The van der Waals surface area contributed by atoms with Gasteiger partial charge in [-0.3, -0.25) is 4.79 Å². The molecule has 1 unspecified atom stereocenters. The van der Waals surface area contributed by atoms with E-state index in [2.05, 4.69) is 30.3 Å². The summed E-state index contributed by atoms with van der Waals surface area (Å²) in [5.41, 5.74) is 1.05. The molecule has 1 N–H and O–H groups in total. The van der Waals surface area contributed by atoms with Gasteiger partial charge < -0.3 is 14.4 Å². The Morgan fingerprint density at radius 3 is 2.70 bits per heavy atom. The van der Waals surface area contributed by atoms with Gasteiger partial charge in [0.05, 0.1) is 18.4 Å². The number of aromatic nitrogens is 2. The number of carboxylic acid groups (broad SMARTS) is 1. The second-order valence-corrected chi connectivity index (χ2v) is 6.68. The molecule has 5 nitrogen and oxygen atoms in total. The van der Waals surface area contributed by atoms with Crippen molar-refractivity contribution < 1.29 is 14.6 Å². The predicted molar refractivity (Wildman–Crippen MR) is 80.4 cm³/mol. The Morgan fingerprint density at radius 1 is 1.55 bits per heavy atom. The van der Waals surface area contributed by atoms with Gasteiger partial charge in [-0.05, 0) is 13.8 Å². The Morgan fingerprint density at radius 2 is 2.20 bits per heavy atom. The predicted octanol–water partition coefficient (Wildman–Crippen LogP) is 2.78. The van der Waals surface area contributed by atoms with Gasteiger partial charge in [0.2, 0.25) is 0 Å². The zero-order valence-electron chi connectivity index (χ0n) is 12.8. The summed E-state index contributed by atoms with van der Waals surface area (Å²) in [5.74, 6) is -0.816. The van der Waals surface area contributed by atoms with Crippen molar-refractivity contribution in [1.82, 2.24) is 9.55 Å². The molecule has 0 amide bonds. The van der Waals surface area contributed by atoms with Crippen molar-refractivity contribution >= 4 is 17.7 Å². The first kappa shape index (κ1) is 17.0. The van der Waals surface area contributed by atoms with Crippen LogP contribution in [0, 0.1) is 0 Å². The highest BCUT2D eigenvalue weighted by atomic mass is 32.2. The fourth-order valence-corrected chi connectivity index (χ4v) is 2.68. The number of hydrogen-bond donors (Lipinski definition) is 1. The topological polar surface area (TPSA) is 64.4 Å². The van der Waals surface area contributed by atoms with E-state index < -0.39 is 5.97 Å². The quantitative estimate of drug-likeness (QED) is 0.784. The summed E-state index contributed by atoms with van der Waals surface area (Å²) >= 11 is 1.25. The van der Waals surface area contributed by atoms with Gasteiger partial charge in [0.1, 0.15) is 0 Å². The molecular weight excluding hydrogens is 276 g/mol. The van der Waals surface area contributed by atoms with Crippen LogP contribution < -0.4 is 0 Å². The maximum Gasteiger partial charge on any atom is 0.313 e. The molecule has 20 heavy (non-hydrogen) atoms. The molecule has 0 aliphatic heterocycles. The Hall–Kier alpha value is -1.01. The van der Waals surface area contributed by atoms with Gasteiger partial charge in [-0.25, -0.2) is 4.98 Å². The molecular formula is C14H24N2O3S. The number of ether oxygens (including phenoxy) is 1. The molecule has 0 radical (unpaired) electrons. The summed E-state index contributed by atoms with van der Waals surface area (Å²) in [5, 5.41) is 9.56. The lowest BCUT2D eigenvalue weighted by atomic mass is 9.92. The molecule has 0 saturated heterocycles. The van der Waals surface area contributed by atoms with E-state index in [1.165, 1.54) is 11.8 Å². The van der Waals surface area contributed by atoms with Gasteiger partial charge in [0.25, 0.3) is 0 Å². The zero-order valence-corrected chi connectivity index (χ0v) is 13.7. The van der Waals surface area contributed by atoms with Crippen LogP contribution in [-0.4, -0.2) is 39.1 Å². The lowest BCUT2D eigenvalue weighted by Crippen LogP contribution is -2.24. The van der Waals surface area contributed by atoms with E-state index in [0.29, 0.717) is 13.2 Å². The van der Waals surface area contributed by atoms with Crippen molar-refractivity contribution in [2.45, 2.75) is 57.8 Å². The van der Waals surface area contributed by atoms with Gasteiger partial charge in [0.15, 0.2) is 5.16 Å². The van der Waals surface area contributed by atoms with Gasteiger partial charge in [0, 0.05) is 23.9 Å². The Kier molecular flexibility index (Phi) is 6.07. The van der Waals surface area contributed by atoms with Crippen molar-refractivity contribution in [3.8, 4) is 0 Å². The second-order valence-electron chi connectivity index (χ2n) is 5.73. The van der Waals surface area contributed by atoms with Gasteiger partial charge in [-0.2, -0.15) is 0 Å². The number of rotatable bonds is 7. The van der Waals surface area contributed by atoms with Crippen LogP contribution in [0.5, 0.6) is 0 Å². The van der Waals surface area contributed by atoms with Crippen LogP contribution in [0.2, 0.25) is 0 Å². The van der Waals surface area contributed by atoms with Gasteiger partial charge in [-0.1, -0.05) is 32.5 Å². The highest BCUT2D eigenvalue weighted by Gasteiger charge is 2.23. The van der Waals surface area contributed by atoms with E-state index in [0.717, 1.165) is 10.9 Å². The lowest BCUT2D eigenvalue weighted by molar-refractivity contribution is -0.133. The van der Waals surface area contributed by atoms with Crippen molar-refractivity contribution in [2.24, 2.45) is 0 Å². The number of carbonyl (C=O) groups is 1. The van der Waals surface area contributed by atoms with Crippen molar-refractivity contribution in [3.63, 3.8) is 0 Å². The first-order chi connectivity index (χ1) is 9.25. The molecule has 0 spiro atoms. The summed E-state index contributed by atoms with van der Waals surface area (Å²) in [6.07, 6.45) is 1.91. The van der Waals surface area contributed by atoms with Crippen LogP contribution in [0.15, 0.2) is 11.4 Å². The molecule has 0 fully saturated rings. The third-order valence-electron chi connectivity index (χ3n) is 2.80. The summed E-state index contributed by atoms with van der Waals surface area (Å²) in [7, 11) is 0. The molecule has 0 aliphatic carbocycles. The van der Waals surface area contributed by atoms with Crippen molar-refractivity contribution in [1.29, 1.82) is 0 Å². The molecule has 1 atom stereocenters. The monoisotopic (exact) mass is 300 g/mol. The largest absolute Gasteiger partial charge is 0.481 e. The van der Waals surface area contributed by atoms with Crippen LogP contribution >= 0.6 is 11.8 Å². The minimum absolute atomic E-state index is 0.0175. The molecule has 6 heteroatoms. The first-order valence-corrected chi connectivity index (χ1v) is 7.76. The molecule has 0 saturated carbocycles. The number of thioether (sulfide) groups is 1. The number of imidazole rings is 1. The molecule has 0 aromatic carbocycles. The van der Waals surface area contributed by atoms with Crippen molar-refractivity contribution in [2.75, 3.05) is 12.4 Å². The van der Waals surface area contributed by atoms with Crippen LogP contribution in [0.3, 0.4) is 0 Å². The van der Waals surface area contributed by atoms with Crippen LogP contribution in [-0.2, 0) is 21.5 Å². The van der Waals surface area contributed by atoms with E-state index >= 15 is 0 Å². The Bertz CT molecular complexity index is 452. The highest BCUT2D eigenvalue weighted by molar-refractivity contribution is 7.99. The summed E-state index contributed by atoms with van der Waals surface area (Å²) in [4.78, 5) is 15.1. The van der Waals surface area contributed by atoms with Gasteiger partial charge >= 0.3 is 5.97 Å². The van der Waals surface area contributed by atoms with Crippen molar-refractivity contribution in [3.05, 3.63) is 11.9 Å². The van der Waals surface area contributed by atoms with Crippen LogP contribution in [0.4, 0.5) is 0 Å². The standard InChI is InChI=1S/C14H24N2O3S/c1-6-19-10(2)8-16-11(14(3,4)5)7-15-13(16)20-9-12(17)18/h7,10H,6,8-9H2,1-5H3,(H,17,18). The van der Waals surface area contributed by atoms with E-state index in [9.17, 15) is 4.79 Å². The molecule has 1 heterocycles. The van der Waals surface area contributed by atoms with Crippen LogP contribution in [0.1, 0.15) is 40.3 Å². The molecule has 114 valence electrons. The normalized spacial score (nSPS) is 13.4. The smallest absolute Gasteiger partial charge is 0.313 e. The van der Waals surface area contributed by atoms with E-state index in [-0.39, 0.29) is 17.3 Å². The van der Waals surface area contributed by atoms with E-state index in [1.807, 2.05) is 20.0 Å². The summed E-state index contributed by atoms with van der Waals surface area (Å²) in [6.45, 7) is 11.7. The number of hydrogen-bond acceptors (Lipinski definition) is 4. The molecule has 1 rings (SSSR count). The van der Waals surface area contributed by atoms with Crippen LogP contribution in [0.25, 0.3) is 0 Å². The minimum atomic E-state index is -0.834. The molecule has 1 aromatic heterocycles. The van der Waals surface area contributed by atoms with E-state index in [4.69, 9.17) is 9.84 Å². The summed E-state index contributed by atoms with van der Waals surface area (Å²) in [6, 6.07) is 0. The Balaban J connectivity index is 2.99. The zero-order chi connectivity index (χ0) is 15.3. The number of nitrogens with zero attached hydrogens (tertiary/aromatic N) is 2. The second kappa shape index (κ2) is 7.13. The number of aliphatic carboxylic acids is 1. The fraction of sp³-hybridized carbons (Fsp3) is 0.714.